The summed E-state index contributed by atoms with van der Waals surface area (Å²) in [5, 5.41) is 9.30. The van der Waals surface area contributed by atoms with E-state index in [4.69, 9.17) is 4.42 Å². The Morgan fingerprint density at radius 1 is 1.22 bits per heavy atom. The molecule has 18 heavy (non-hydrogen) atoms. The van der Waals surface area contributed by atoms with Crippen LogP contribution < -0.4 is 0 Å². The molecule has 0 atom stereocenters. The normalized spacial score (nSPS) is 11.0. The van der Waals surface area contributed by atoms with E-state index in [1.807, 2.05) is 43.3 Å². The SMILES string of the molecule is Cc1c(CO)cccc1-c1ccc2ncoc2c1. The van der Waals surface area contributed by atoms with Crippen LogP contribution in [0.5, 0.6) is 0 Å². The van der Waals surface area contributed by atoms with Crippen molar-refractivity contribution in [1.29, 1.82) is 0 Å². The molecule has 3 nitrogen and oxygen atoms in total. The van der Waals surface area contributed by atoms with Crippen LogP contribution in [0.3, 0.4) is 0 Å². The van der Waals surface area contributed by atoms with Gasteiger partial charge in [-0.05, 0) is 41.3 Å². The Balaban J connectivity index is 2.19. The average molecular weight is 239 g/mol. The van der Waals surface area contributed by atoms with Crippen LogP contribution >= 0.6 is 0 Å². The van der Waals surface area contributed by atoms with E-state index in [-0.39, 0.29) is 6.61 Å². The number of rotatable bonds is 2. The summed E-state index contributed by atoms with van der Waals surface area (Å²) in [6.45, 7) is 2.08. The minimum atomic E-state index is 0.0597. The number of hydrogen-bond donors (Lipinski definition) is 1. The van der Waals surface area contributed by atoms with E-state index in [1.54, 1.807) is 0 Å². The maximum atomic E-state index is 9.30. The van der Waals surface area contributed by atoms with Gasteiger partial charge in [0.05, 0.1) is 6.61 Å². The average Bonchev–Trinajstić information content (AvgIpc) is 2.86. The standard InChI is InChI=1S/C15H13NO2/c1-10-12(8-17)3-2-4-13(10)11-5-6-14-15(7-11)18-9-16-14/h2-7,9,17H,8H2,1H3. The zero-order valence-corrected chi connectivity index (χ0v) is 10.1. The second-order valence-electron chi connectivity index (χ2n) is 4.28. The van der Waals surface area contributed by atoms with Crippen LogP contribution in [0.15, 0.2) is 47.2 Å². The highest BCUT2D eigenvalue weighted by Crippen LogP contribution is 2.28. The van der Waals surface area contributed by atoms with E-state index in [2.05, 4.69) is 4.98 Å². The summed E-state index contributed by atoms with van der Waals surface area (Å²) >= 11 is 0. The maximum Gasteiger partial charge on any atom is 0.181 e. The lowest BCUT2D eigenvalue weighted by molar-refractivity contribution is 0.281. The summed E-state index contributed by atoms with van der Waals surface area (Å²) in [4.78, 5) is 4.10. The Kier molecular flexibility index (Phi) is 2.61. The third kappa shape index (κ3) is 1.69. The van der Waals surface area contributed by atoms with Crippen LogP contribution in [0.4, 0.5) is 0 Å². The van der Waals surface area contributed by atoms with Crippen LogP contribution in [0, 0.1) is 6.92 Å². The number of nitrogens with zero attached hydrogens (tertiary/aromatic N) is 1. The first-order valence-electron chi connectivity index (χ1n) is 5.82. The van der Waals surface area contributed by atoms with E-state index in [0.29, 0.717) is 0 Å². The molecule has 3 rings (SSSR count). The molecule has 0 saturated heterocycles. The van der Waals surface area contributed by atoms with E-state index in [0.717, 1.165) is 33.4 Å². The molecule has 0 aliphatic heterocycles. The Bertz CT molecular complexity index is 701. The van der Waals surface area contributed by atoms with Crippen molar-refractivity contribution in [2.45, 2.75) is 13.5 Å². The smallest absolute Gasteiger partial charge is 0.181 e. The van der Waals surface area contributed by atoms with Gasteiger partial charge in [0, 0.05) is 0 Å². The van der Waals surface area contributed by atoms with Gasteiger partial charge in [-0.15, -0.1) is 0 Å². The second-order valence-corrected chi connectivity index (χ2v) is 4.28. The predicted octanol–water partition coefficient (Wildman–Crippen LogP) is 3.30. The molecule has 1 aromatic heterocycles. The largest absolute Gasteiger partial charge is 0.443 e. The molecule has 0 bridgehead atoms. The molecule has 0 radical (unpaired) electrons. The van der Waals surface area contributed by atoms with Crippen molar-refractivity contribution in [2.75, 3.05) is 0 Å². The highest BCUT2D eigenvalue weighted by molar-refractivity contribution is 5.81. The Labute approximate surface area is 105 Å². The zero-order valence-electron chi connectivity index (χ0n) is 10.1. The van der Waals surface area contributed by atoms with Crippen molar-refractivity contribution in [3.05, 3.63) is 53.9 Å². The molecule has 3 heteroatoms. The van der Waals surface area contributed by atoms with Gasteiger partial charge in [0.15, 0.2) is 12.0 Å². The van der Waals surface area contributed by atoms with Crippen molar-refractivity contribution in [2.24, 2.45) is 0 Å². The molecule has 1 N–H and O–H groups in total. The minimum absolute atomic E-state index is 0.0597. The summed E-state index contributed by atoms with van der Waals surface area (Å²) in [6, 6.07) is 11.9. The van der Waals surface area contributed by atoms with Gasteiger partial charge in [0.1, 0.15) is 5.52 Å². The zero-order chi connectivity index (χ0) is 12.5. The lowest BCUT2D eigenvalue weighted by Gasteiger charge is -2.09. The summed E-state index contributed by atoms with van der Waals surface area (Å²) in [5.41, 5.74) is 5.87. The van der Waals surface area contributed by atoms with E-state index in [1.165, 1.54) is 6.39 Å². The first kappa shape index (κ1) is 11.0. The number of oxazole rings is 1. The van der Waals surface area contributed by atoms with E-state index in [9.17, 15) is 5.11 Å². The van der Waals surface area contributed by atoms with Crippen LogP contribution in [0.2, 0.25) is 0 Å². The predicted molar refractivity (Wildman–Crippen MR) is 70.1 cm³/mol. The highest BCUT2D eigenvalue weighted by atomic mass is 16.3. The molecule has 0 fully saturated rings. The first-order chi connectivity index (χ1) is 8.79. The summed E-state index contributed by atoms with van der Waals surface area (Å²) in [7, 11) is 0. The van der Waals surface area contributed by atoms with Gasteiger partial charge in [-0.3, -0.25) is 0 Å². The molecule has 3 aromatic rings. The molecule has 0 saturated carbocycles. The van der Waals surface area contributed by atoms with Crippen molar-refractivity contribution in [3.63, 3.8) is 0 Å². The van der Waals surface area contributed by atoms with Gasteiger partial charge < -0.3 is 9.52 Å². The van der Waals surface area contributed by atoms with Gasteiger partial charge in [-0.2, -0.15) is 0 Å². The Morgan fingerprint density at radius 3 is 2.94 bits per heavy atom. The lowest BCUT2D eigenvalue weighted by atomic mass is 9.96. The third-order valence-electron chi connectivity index (χ3n) is 3.26. The highest BCUT2D eigenvalue weighted by Gasteiger charge is 2.07. The van der Waals surface area contributed by atoms with Crippen molar-refractivity contribution < 1.29 is 9.52 Å². The quantitative estimate of drug-likeness (QED) is 0.746. The third-order valence-corrected chi connectivity index (χ3v) is 3.26. The van der Waals surface area contributed by atoms with Gasteiger partial charge in [-0.25, -0.2) is 4.98 Å². The summed E-state index contributed by atoms with van der Waals surface area (Å²) < 4.78 is 5.32. The van der Waals surface area contributed by atoms with Gasteiger partial charge in [-0.1, -0.05) is 24.3 Å². The molecule has 0 aliphatic rings. The minimum Gasteiger partial charge on any atom is -0.443 e. The van der Waals surface area contributed by atoms with E-state index >= 15 is 0 Å². The van der Waals surface area contributed by atoms with Crippen LogP contribution in [0.25, 0.3) is 22.2 Å². The monoisotopic (exact) mass is 239 g/mol. The van der Waals surface area contributed by atoms with Crippen LogP contribution in [-0.4, -0.2) is 10.1 Å². The molecule has 90 valence electrons. The fourth-order valence-corrected chi connectivity index (χ4v) is 2.19. The summed E-state index contributed by atoms with van der Waals surface area (Å²) in [6.07, 6.45) is 1.45. The summed E-state index contributed by atoms with van der Waals surface area (Å²) in [5.74, 6) is 0. The number of fused-ring (bicyclic) bond motifs is 1. The fourth-order valence-electron chi connectivity index (χ4n) is 2.19. The van der Waals surface area contributed by atoms with Gasteiger partial charge >= 0.3 is 0 Å². The van der Waals surface area contributed by atoms with Crippen molar-refractivity contribution in [1.82, 2.24) is 4.98 Å². The molecule has 1 heterocycles. The number of aromatic nitrogens is 1. The van der Waals surface area contributed by atoms with Crippen LogP contribution in [0.1, 0.15) is 11.1 Å². The number of aliphatic hydroxyl groups is 1. The molecular weight excluding hydrogens is 226 g/mol. The van der Waals surface area contributed by atoms with Crippen molar-refractivity contribution >= 4 is 11.1 Å². The fraction of sp³-hybridized carbons (Fsp3) is 0.133. The van der Waals surface area contributed by atoms with Crippen LogP contribution in [-0.2, 0) is 6.61 Å². The lowest BCUT2D eigenvalue weighted by Crippen LogP contribution is -1.91. The topological polar surface area (TPSA) is 46.3 Å². The number of hydrogen-bond acceptors (Lipinski definition) is 3. The molecule has 0 aliphatic carbocycles. The molecular formula is C15H13NO2. The maximum absolute atomic E-state index is 9.30. The van der Waals surface area contributed by atoms with Gasteiger partial charge in [0.25, 0.3) is 0 Å². The molecule has 0 spiro atoms. The molecule has 0 unspecified atom stereocenters. The van der Waals surface area contributed by atoms with Gasteiger partial charge in [0.2, 0.25) is 0 Å². The molecule has 0 amide bonds. The Hall–Kier alpha value is -2.13. The second kappa shape index (κ2) is 4.27. The Morgan fingerprint density at radius 2 is 2.11 bits per heavy atom. The molecule has 2 aromatic carbocycles. The van der Waals surface area contributed by atoms with Crippen molar-refractivity contribution in [3.8, 4) is 11.1 Å². The van der Waals surface area contributed by atoms with E-state index < -0.39 is 0 Å². The first-order valence-corrected chi connectivity index (χ1v) is 5.82. The number of aliphatic hydroxyl groups excluding tert-OH is 1. The number of benzene rings is 2.